The second-order valence-electron chi connectivity index (χ2n) is 6.41. The van der Waals surface area contributed by atoms with Crippen LogP contribution in [0.15, 0.2) is 18.3 Å². The maximum absolute atomic E-state index is 12.9. The average molecular weight is 367 g/mol. The monoisotopic (exact) mass is 367 g/mol. The van der Waals surface area contributed by atoms with E-state index in [4.69, 9.17) is 10.00 Å². The molecule has 0 bridgehead atoms. The molecule has 0 aliphatic carbocycles. The summed E-state index contributed by atoms with van der Waals surface area (Å²) in [6.07, 6.45) is 1.62. The Kier molecular flexibility index (Phi) is 5.12. The molecule has 0 spiro atoms. The predicted molar refractivity (Wildman–Crippen MR) is 98.7 cm³/mol. The summed E-state index contributed by atoms with van der Waals surface area (Å²) in [7, 11) is 1.32. The van der Waals surface area contributed by atoms with Gasteiger partial charge in [0.25, 0.3) is 5.91 Å². The minimum Gasteiger partial charge on any atom is -0.465 e. The van der Waals surface area contributed by atoms with E-state index in [0.717, 1.165) is 5.82 Å². The number of aromatic nitrogens is 2. The number of nitriles is 1. The number of hydrogen-bond acceptors (Lipinski definition) is 6. The largest absolute Gasteiger partial charge is 0.465 e. The maximum atomic E-state index is 12.9. The molecule has 0 unspecified atom stereocenters. The Morgan fingerprint density at radius 3 is 2.59 bits per heavy atom. The number of pyridine rings is 1. The number of nitrogens with zero attached hydrogens (tertiary/aromatic N) is 4. The average Bonchev–Trinajstić information content (AvgIpc) is 3.01. The molecule has 8 heteroatoms. The second kappa shape index (κ2) is 7.50. The fourth-order valence-electron chi connectivity index (χ4n) is 3.33. The van der Waals surface area contributed by atoms with Gasteiger partial charge in [0, 0.05) is 38.1 Å². The van der Waals surface area contributed by atoms with E-state index in [1.54, 1.807) is 37.1 Å². The number of H-pyrrole nitrogens is 1. The van der Waals surface area contributed by atoms with Crippen molar-refractivity contribution in [1.29, 1.82) is 5.26 Å². The van der Waals surface area contributed by atoms with Crippen LogP contribution < -0.4 is 4.90 Å². The van der Waals surface area contributed by atoms with E-state index >= 15 is 0 Å². The molecule has 2 aromatic rings. The lowest BCUT2D eigenvalue weighted by Crippen LogP contribution is -2.49. The van der Waals surface area contributed by atoms with Crippen molar-refractivity contribution in [1.82, 2.24) is 14.9 Å². The van der Waals surface area contributed by atoms with Gasteiger partial charge in [-0.1, -0.05) is 0 Å². The number of nitrogens with one attached hydrogen (secondary N) is 1. The van der Waals surface area contributed by atoms with Crippen LogP contribution in [0.3, 0.4) is 0 Å². The quantitative estimate of drug-likeness (QED) is 0.828. The molecule has 3 rings (SSSR count). The third-order valence-corrected chi connectivity index (χ3v) is 4.81. The number of carbonyl (C=O) groups excluding carboxylic acids is 2. The lowest BCUT2D eigenvalue weighted by Gasteiger charge is -2.35. The Labute approximate surface area is 157 Å². The summed E-state index contributed by atoms with van der Waals surface area (Å²) in [4.78, 5) is 36.0. The zero-order valence-corrected chi connectivity index (χ0v) is 15.6. The van der Waals surface area contributed by atoms with Gasteiger partial charge in [-0.05, 0) is 31.5 Å². The van der Waals surface area contributed by atoms with Gasteiger partial charge in [0.05, 0.1) is 24.3 Å². The van der Waals surface area contributed by atoms with Gasteiger partial charge in [-0.15, -0.1) is 0 Å². The third kappa shape index (κ3) is 3.49. The predicted octanol–water partition coefficient (Wildman–Crippen LogP) is 1.65. The van der Waals surface area contributed by atoms with E-state index < -0.39 is 5.97 Å². The first-order valence-corrected chi connectivity index (χ1v) is 8.64. The van der Waals surface area contributed by atoms with Crippen molar-refractivity contribution in [3.05, 3.63) is 46.4 Å². The summed E-state index contributed by atoms with van der Waals surface area (Å²) >= 11 is 0. The number of carbonyl (C=O) groups is 2. The Hall–Kier alpha value is -3.34. The minimum atomic E-state index is -0.450. The van der Waals surface area contributed by atoms with Gasteiger partial charge < -0.3 is 19.5 Å². The normalized spacial score (nSPS) is 14.0. The molecule has 1 amide bonds. The highest BCUT2D eigenvalue weighted by Crippen LogP contribution is 2.22. The van der Waals surface area contributed by atoms with Crippen LogP contribution in [0.5, 0.6) is 0 Å². The van der Waals surface area contributed by atoms with Crippen LogP contribution in [0.1, 0.15) is 37.7 Å². The number of esters is 1. The van der Waals surface area contributed by atoms with Crippen LogP contribution in [0.25, 0.3) is 0 Å². The third-order valence-electron chi connectivity index (χ3n) is 4.81. The number of rotatable bonds is 3. The molecule has 8 nitrogen and oxygen atoms in total. The smallest absolute Gasteiger partial charge is 0.339 e. The first-order chi connectivity index (χ1) is 13.0. The highest BCUT2D eigenvalue weighted by Gasteiger charge is 2.28. The van der Waals surface area contributed by atoms with Gasteiger partial charge in [-0.2, -0.15) is 5.26 Å². The van der Waals surface area contributed by atoms with E-state index in [0.29, 0.717) is 54.3 Å². The highest BCUT2D eigenvalue weighted by atomic mass is 16.5. The topological polar surface area (TPSA) is 102 Å². The van der Waals surface area contributed by atoms with E-state index in [1.807, 2.05) is 0 Å². The summed E-state index contributed by atoms with van der Waals surface area (Å²) in [5, 5.41) is 9.02. The van der Waals surface area contributed by atoms with Crippen molar-refractivity contribution in [3.8, 4) is 6.07 Å². The lowest BCUT2D eigenvalue weighted by molar-refractivity contribution is 0.0599. The van der Waals surface area contributed by atoms with Gasteiger partial charge in [-0.3, -0.25) is 4.79 Å². The number of ether oxygens (including phenoxy) is 1. The molecule has 1 aliphatic heterocycles. The number of anilines is 1. The minimum absolute atomic E-state index is 0.135. The molecular formula is C19H21N5O3. The summed E-state index contributed by atoms with van der Waals surface area (Å²) in [6.45, 7) is 5.80. The van der Waals surface area contributed by atoms with Gasteiger partial charge >= 0.3 is 5.97 Å². The Morgan fingerprint density at radius 2 is 1.96 bits per heavy atom. The molecule has 27 heavy (non-hydrogen) atoms. The van der Waals surface area contributed by atoms with Crippen LogP contribution in [0, 0.1) is 25.2 Å². The Morgan fingerprint density at radius 1 is 1.26 bits per heavy atom. The van der Waals surface area contributed by atoms with Crippen LogP contribution in [-0.4, -0.2) is 60.0 Å². The zero-order chi connectivity index (χ0) is 19.6. The molecular weight excluding hydrogens is 346 g/mol. The van der Waals surface area contributed by atoms with Crippen molar-refractivity contribution < 1.29 is 14.3 Å². The molecule has 0 aromatic carbocycles. The van der Waals surface area contributed by atoms with Crippen molar-refractivity contribution in [3.63, 3.8) is 0 Å². The van der Waals surface area contributed by atoms with Gasteiger partial charge in [0.15, 0.2) is 0 Å². The fraction of sp³-hybridized carbons (Fsp3) is 0.368. The van der Waals surface area contributed by atoms with Crippen molar-refractivity contribution in [2.24, 2.45) is 0 Å². The first-order valence-electron chi connectivity index (χ1n) is 8.64. The number of piperazine rings is 1. The SMILES string of the molecule is COC(=O)c1c(C)[nH]c(C(=O)N2CCN(c3cc(C#N)ccn3)CC2)c1C. The van der Waals surface area contributed by atoms with Crippen molar-refractivity contribution in [2.75, 3.05) is 38.2 Å². The second-order valence-corrected chi connectivity index (χ2v) is 6.41. The highest BCUT2D eigenvalue weighted by molar-refractivity contribution is 6.00. The molecule has 1 N–H and O–H groups in total. The Balaban J connectivity index is 1.72. The van der Waals surface area contributed by atoms with Gasteiger partial charge in [0.2, 0.25) is 0 Å². The summed E-state index contributed by atoms with van der Waals surface area (Å²) in [5.41, 5.74) is 2.63. The number of methoxy groups -OCH3 is 1. The van der Waals surface area contributed by atoms with E-state index in [-0.39, 0.29) is 5.91 Å². The van der Waals surface area contributed by atoms with Crippen LogP contribution in [0.2, 0.25) is 0 Å². The molecule has 3 heterocycles. The molecule has 0 atom stereocenters. The molecule has 0 saturated carbocycles. The number of amides is 1. The summed E-state index contributed by atoms with van der Waals surface area (Å²) < 4.78 is 4.80. The van der Waals surface area contributed by atoms with Crippen molar-refractivity contribution >= 4 is 17.7 Å². The molecule has 2 aromatic heterocycles. The van der Waals surface area contributed by atoms with Crippen LogP contribution in [-0.2, 0) is 4.74 Å². The van der Waals surface area contributed by atoms with Crippen molar-refractivity contribution in [2.45, 2.75) is 13.8 Å². The van der Waals surface area contributed by atoms with Crippen LogP contribution in [0.4, 0.5) is 5.82 Å². The fourth-order valence-corrected chi connectivity index (χ4v) is 3.33. The number of aromatic amines is 1. The zero-order valence-electron chi connectivity index (χ0n) is 15.6. The number of aryl methyl sites for hydroxylation is 1. The summed E-state index contributed by atoms with van der Waals surface area (Å²) in [6, 6.07) is 5.52. The van der Waals surface area contributed by atoms with Crippen LogP contribution >= 0.6 is 0 Å². The van der Waals surface area contributed by atoms with Gasteiger partial charge in [-0.25, -0.2) is 9.78 Å². The van der Waals surface area contributed by atoms with E-state index in [9.17, 15) is 9.59 Å². The van der Waals surface area contributed by atoms with E-state index in [1.165, 1.54) is 7.11 Å². The molecule has 1 aliphatic rings. The standard InChI is InChI=1S/C19H21N5O3/c1-12-16(19(26)27-3)13(2)22-17(12)18(25)24-8-6-23(7-9-24)15-10-14(11-20)4-5-21-15/h4-5,10,22H,6-9H2,1-3H3. The van der Waals surface area contributed by atoms with Gasteiger partial charge in [0.1, 0.15) is 11.5 Å². The first kappa shape index (κ1) is 18.5. The molecule has 140 valence electrons. The summed E-state index contributed by atoms with van der Waals surface area (Å²) in [5.74, 6) is 0.152. The molecule has 0 radical (unpaired) electrons. The molecule has 1 fully saturated rings. The van der Waals surface area contributed by atoms with E-state index in [2.05, 4.69) is 20.9 Å². The Bertz CT molecular complexity index is 920. The molecule has 1 saturated heterocycles. The lowest BCUT2D eigenvalue weighted by atomic mass is 10.1. The number of hydrogen-bond donors (Lipinski definition) is 1. The maximum Gasteiger partial charge on any atom is 0.339 e.